The average Bonchev–Trinajstić information content (AvgIpc) is 2.45. The van der Waals surface area contributed by atoms with Crippen LogP contribution in [0.4, 0.5) is 20.2 Å². The van der Waals surface area contributed by atoms with Gasteiger partial charge in [0, 0.05) is 17.1 Å². The van der Waals surface area contributed by atoms with Crippen LogP contribution >= 0.6 is 15.9 Å². The zero-order valence-corrected chi connectivity index (χ0v) is 13.7. The number of amides is 2. The molecule has 4 nitrogen and oxygen atoms in total. The molecule has 0 atom stereocenters. The minimum atomic E-state index is -0.907. The Kier molecular flexibility index (Phi) is 5.44. The van der Waals surface area contributed by atoms with E-state index in [9.17, 15) is 18.4 Å². The second kappa shape index (κ2) is 7.32. The summed E-state index contributed by atoms with van der Waals surface area (Å²) >= 11 is 3.27. The summed E-state index contributed by atoms with van der Waals surface area (Å²) in [5.41, 5.74) is -0.0359. The van der Waals surface area contributed by atoms with Gasteiger partial charge in [0.05, 0.1) is 0 Å². The number of halogens is 3. The molecule has 0 saturated carbocycles. The van der Waals surface area contributed by atoms with Crippen molar-refractivity contribution in [3.63, 3.8) is 0 Å². The van der Waals surface area contributed by atoms with Gasteiger partial charge in [-0.2, -0.15) is 0 Å². The molecule has 2 aromatic rings. The molecule has 0 aromatic heterocycles. The van der Waals surface area contributed by atoms with Crippen molar-refractivity contribution in [1.29, 1.82) is 0 Å². The molecule has 1 N–H and O–H groups in total. The summed E-state index contributed by atoms with van der Waals surface area (Å²) in [6.07, 6.45) is 0. The van der Waals surface area contributed by atoms with Gasteiger partial charge in [-0.25, -0.2) is 8.78 Å². The lowest BCUT2D eigenvalue weighted by Crippen LogP contribution is -2.37. The van der Waals surface area contributed by atoms with Gasteiger partial charge >= 0.3 is 0 Å². The fourth-order valence-corrected chi connectivity index (χ4v) is 2.40. The van der Waals surface area contributed by atoms with Crippen LogP contribution in [-0.4, -0.2) is 18.4 Å². The number of hydrogen-bond donors (Lipinski definition) is 1. The van der Waals surface area contributed by atoms with Gasteiger partial charge in [-0.1, -0.05) is 28.1 Å². The molecule has 23 heavy (non-hydrogen) atoms. The monoisotopic (exact) mass is 382 g/mol. The zero-order valence-electron chi connectivity index (χ0n) is 12.1. The molecule has 120 valence electrons. The molecular weight excluding hydrogens is 370 g/mol. The van der Waals surface area contributed by atoms with Crippen LogP contribution in [0.25, 0.3) is 0 Å². The number of anilines is 2. The second-order valence-corrected chi connectivity index (χ2v) is 5.65. The lowest BCUT2D eigenvalue weighted by Gasteiger charge is -2.21. The first-order valence-electron chi connectivity index (χ1n) is 6.66. The highest BCUT2D eigenvalue weighted by Crippen LogP contribution is 2.23. The minimum Gasteiger partial charge on any atom is -0.324 e. The van der Waals surface area contributed by atoms with Gasteiger partial charge in [0.2, 0.25) is 11.8 Å². The average molecular weight is 383 g/mol. The summed E-state index contributed by atoms with van der Waals surface area (Å²) < 4.78 is 28.4. The van der Waals surface area contributed by atoms with Crippen LogP contribution in [0.5, 0.6) is 0 Å². The van der Waals surface area contributed by atoms with Crippen LogP contribution < -0.4 is 10.2 Å². The molecule has 0 aliphatic carbocycles. The molecule has 0 bridgehead atoms. The van der Waals surface area contributed by atoms with E-state index in [-0.39, 0.29) is 0 Å². The first kappa shape index (κ1) is 17.1. The maximum atomic E-state index is 13.8. The van der Waals surface area contributed by atoms with E-state index in [1.54, 1.807) is 24.3 Å². The van der Waals surface area contributed by atoms with Crippen LogP contribution in [0.1, 0.15) is 6.92 Å². The highest BCUT2D eigenvalue weighted by atomic mass is 79.9. The van der Waals surface area contributed by atoms with Crippen molar-refractivity contribution in [2.75, 3.05) is 16.8 Å². The molecule has 2 aromatic carbocycles. The number of nitrogens with zero attached hydrogens (tertiary/aromatic N) is 1. The number of carbonyl (C=O) groups excluding carboxylic acids is 2. The molecular formula is C16H13BrF2N2O2. The first-order chi connectivity index (χ1) is 10.9. The number of para-hydroxylation sites is 1. The number of carbonyl (C=O) groups is 2. The lowest BCUT2D eigenvalue weighted by atomic mass is 10.2. The third kappa shape index (κ3) is 4.35. The van der Waals surface area contributed by atoms with Crippen molar-refractivity contribution in [1.82, 2.24) is 0 Å². The fraction of sp³-hybridized carbons (Fsp3) is 0.125. The smallest absolute Gasteiger partial charge is 0.244 e. The Morgan fingerprint density at radius 2 is 1.74 bits per heavy atom. The standard InChI is InChI=1S/C16H13BrF2N2O2/c1-10(22)21(16-13(18)6-3-7-14(16)19)9-15(23)20-12-5-2-4-11(17)8-12/h2-8H,9H2,1H3,(H,20,23). The quantitative estimate of drug-likeness (QED) is 0.875. The van der Waals surface area contributed by atoms with E-state index in [4.69, 9.17) is 0 Å². The van der Waals surface area contributed by atoms with Gasteiger partial charge in [-0.05, 0) is 30.3 Å². The van der Waals surface area contributed by atoms with Gasteiger partial charge in [0.25, 0.3) is 0 Å². The van der Waals surface area contributed by atoms with E-state index in [1.807, 2.05) is 0 Å². The predicted octanol–water partition coefficient (Wildman–Crippen LogP) is 3.72. The molecule has 7 heteroatoms. The third-order valence-electron chi connectivity index (χ3n) is 3.00. The van der Waals surface area contributed by atoms with Gasteiger partial charge in [0.1, 0.15) is 23.9 Å². The Labute approximate surface area is 140 Å². The molecule has 0 spiro atoms. The van der Waals surface area contributed by atoms with Crippen molar-refractivity contribution in [2.24, 2.45) is 0 Å². The summed E-state index contributed by atoms with van der Waals surface area (Å²) in [7, 11) is 0. The van der Waals surface area contributed by atoms with Gasteiger partial charge in [-0.15, -0.1) is 0 Å². The summed E-state index contributed by atoms with van der Waals surface area (Å²) in [6, 6.07) is 10.1. The molecule has 0 aliphatic rings. The predicted molar refractivity (Wildman–Crippen MR) is 87.2 cm³/mol. The number of benzene rings is 2. The van der Waals surface area contributed by atoms with Crippen LogP contribution in [0.15, 0.2) is 46.9 Å². The fourth-order valence-electron chi connectivity index (χ4n) is 2.01. The summed E-state index contributed by atoms with van der Waals surface area (Å²) in [4.78, 5) is 24.5. The first-order valence-corrected chi connectivity index (χ1v) is 7.45. The Hall–Kier alpha value is -2.28. The Balaban J connectivity index is 2.20. The molecule has 0 fully saturated rings. The van der Waals surface area contributed by atoms with Gasteiger partial charge in [-0.3, -0.25) is 14.5 Å². The second-order valence-electron chi connectivity index (χ2n) is 4.73. The Morgan fingerprint density at radius 3 is 2.30 bits per heavy atom. The van der Waals surface area contributed by atoms with Crippen molar-refractivity contribution in [3.8, 4) is 0 Å². The highest BCUT2D eigenvalue weighted by Gasteiger charge is 2.22. The van der Waals surface area contributed by atoms with E-state index in [0.717, 1.165) is 28.4 Å². The number of rotatable bonds is 4. The SMILES string of the molecule is CC(=O)N(CC(=O)Nc1cccc(Br)c1)c1c(F)cccc1F. The topological polar surface area (TPSA) is 49.4 Å². The Bertz CT molecular complexity index is 732. The largest absolute Gasteiger partial charge is 0.324 e. The van der Waals surface area contributed by atoms with Crippen LogP contribution in [0.2, 0.25) is 0 Å². The van der Waals surface area contributed by atoms with Crippen LogP contribution in [0, 0.1) is 11.6 Å². The Morgan fingerprint density at radius 1 is 1.13 bits per heavy atom. The summed E-state index contributed by atoms with van der Waals surface area (Å²) in [5.74, 6) is -3.02. The minimum absolute atomic E-state index is 0.500. The molecule has 0 heterocycles. The zero-order chi connectivity index (χ0) is 17.0. The van der Waals surface area contributed by atoms with Crippen molar-refractivity contribution in [2.45, 2.75) is 6.92 Å². The maximum Gasteiger partial charge on any atom is 0.244 e. The number of nitrogens with one attached hydrogen (secondary N) is 1. The molecule has 0 aliphatic heterocycles. The van der Waals surface area contributed by atoms with Crippen molar-refractivity contribution >= 4 is 39.1 Å². The van der Waals surface area contributed by atoms with E-state index in [1.165, 1.54) is 6.07 Å². The van der Waals surface area contributed by atoms with E-state index >= 15 is 0 Å². The van der Waals surface area contributed by atoms with Crippen LogP contribution in [0.3, 0.4) is 0 Å². The molecule has 0 unspecified atom stereocenters. The normalized spacial score (nSPS) is 10.3. The molecule has 2 rings (SSSR count). The lowest BCUT2D eigenvalue weighted by molar-refractivity contribution is -0.120. The molecule has 2 amide bonds. The van der Waals surface area contributed by atoms with E-state index < -0.39 is 35.7 Å². The summed E-state index contributed by atoms with van der Waals surface area (Å²) in [6.45, 7) is 0.637. The number of hydrogen-bond acceptors (Lipinski definition) is 2. The van der Waals surface area contributed by atoms with Gasteiger partial charge < -0.3 is 5.32 Å². The van der Waals surface area contributed by atoms with Crippen molar-refractivity contribution < 1.29 is 18.4 Å². The molecule has 0 radical (unpaired) electrons. The maximum absolute atomic E-state index is 13.8. The third-order valence-corrected chi connectivity index (χ3v) is 3.49. The van der Waals surface area contributed by atoms with E-state index in [0.29, 0.717) is 5.69 Å². The van der Waals surface area contributed by atoms with Crippen molar-refractivity contribution in [3.05, 3.63) is 58.6 Å². The summed E-state index contributed by atoms with van der Waals surface area (Å²) in [5, 5.41) is 2.57. The molecule has 0 saturated heterocycles. The van der Waals surface area contributed by atoms with Crippen LogP contribution in [-0.2, 0) is 9.59 Å². The highest BCUT2D eigenvalue weighted by molar-refractivity contribution is 9.10. The van der Waals surface area contributed by atoms with E-state index in [2.05, 4.69) is 21.2 Å². The van der Waals surface area contributed by atoms with Gasteiger partial charge in [0.15, 0.2) is 0 Å².